The lowest BCUT2D eigenvalue weighted by molar-refractivity contribution is 0.552. The Bertz CT molecular complexity index is 356. The third-order valence-electron chi connectivity index (χ3n) is 5.61. The highest BCUT2D eigenvalue weighted by molar-refractivity contribution is 5.46. The Labute approximate surface area is 134 Å². The van der Waals surface area contributed by atoms with Gasteiger partial charge in [0, 0.05) is 0 Å². The predicted octanol–water partition coefficient (Wildman–Crippen LogP) is 7.60. The van der Waals surface area contributed by atoms with Gasteiger partial charge < -0.3 is 0 Å². The van der Waals surface area contributed by atoms with Gasteiger partial charge in [-0.3, -0.25) is 0 Å². The van der Waals surface area contributed by atoms with Gasteiger partial charge in [-0.05, 0) is 50.7 Å². The second-order valence-corrected chi connectivity index (χ2v) is 7.11. The van der Waals surface area contributed by atoms with Crippen molar-refractivity contribution in [3.8, 4) is 0 Å². The molecule has 0 fully saturated rings. The molecule has 0 N–H and O–H groups in total. The van der Waals surface area contributed by atoms with Gasteiger partial charge >= 0.3 is 0 Å². The van der Waals surface area contributed by atoms with Gasteiger partial charge in [-0.15, -0.1) is 0 Å². The molecule has 0 amide bonds. The molecule has 1 atom stereocenters. The molecule has 0 nitrogen and oxygen atoms in total. The number of hydrogen-bond acceptors (Lipinski definition) is 0. The summed E-state index contributed by atoms with van der Waals surface area (Å²) in [5.74, 6) is 0.712. The molecule has 0 bridgehead atoms. The van der Waals surface area contributed by atoms with Crippen LogP contribution in [-0.4, -0.2) is 0 Å². The first-order valence-corrected chi connectivity index (χ1v) is 9.47. The minimum absolute atomic E-state index is 0.712. The number of hydrogen-bond donors (Lipinski definition) is 0. The van der Waals surface area contributed by atoms with Crippen LogP contribution in [0.3, 0.4) is 0 Å². The molecule has 0 aromatic rings. The maximum Gasteiger partial charge on any atom is -0.00126 e. The van der Waals surface area contributed by atoms with Crippen LogP contribution in [0.1, 0.15) is 105 Å². The molecule has 0 heterocycles. The van der Waals surface area contributed by atoms with E-state index >= 15 is 0 Å². The van der Waals surface area contributed by atoms with Crippen LogP contribution in [0, 0.1) is 5.92 Å². The van der Waals surface area contributed by atoms with E-state index in [1.54, 1.807) is 22.3 Å². The highest BCUT2D eigenvalue weighted by Crippen LogP contribution is 2.38. The Morgan fingerprint density at radius 1 is 0.667 bits per heavy atom. The van der Waals surface area contributed by atoms with Crippen molar-refractivity contribution in [1.82, 2.24) is 0 Å². The molecule has 1 aliphatic carbocycles. The van der Waals surface area contributed by atoms with Crippen molar-refractivity contribution in [2.24, 2.45) is 5.92 Å². The van der Waals surface area contributed by atoms with Crippen LogP contribution in [-0.2, 0) is 0 Å². The molecular formula is C21H38. The SMILES string of the molecule is CCCCCCCCCCCCC1=C(C)C(C)=C(C)C1C. The average Bonchev–Trinajstić information content (AvgIpc) is 2.66. The second-order valence-electron chi connectivity index (χ2n) is 7.11. The molecule has 122 valence electrons. The third-order valence-corrected chi connectivity index (χ3v) is 5.61. The molecule has 0 aliphatic heterocycles. The highest BCUT2D eigenvalue weighted by atomic mass is 14.3. The highest BCUT2D eigenvalue weighted by Gasteiger charge is 2.22. The van der Waals surface area contributed by atoms with E-state index in [-0.39, 0.29) is 0 Å². The van der Waals surface area contributed by atoms with Crippen LogP contribution in [0.25, 0.3) is 0 Å². The Hall–Kier alpha value is -0.520. The fourth-order valence-electron chi connectivity index (χ4n) is 3.65. The smallest absolute Gasteiger partial charge is 0.00126 e. The van der Waals surface area contributed by atoms with Gasteiger partial charge in [0.15, 0.2) is 0 Å². The Morgan fingerprint density at radius 2 is 1.14 bits per heavy atom. The molecule has 1 aliphatic rings. The summed E-state index contributed by atoms with van der Waals surface area (Å²) in [6.07, 6.45) is 15.7. The summed E-state index contributed by atoms with van der Waals surface area (Å²) < 4.78 is 0. The van der Waals surface area contributed by atoms with Crippen molar-refractivity contribution in [2.45, 2.75) is 105 Å². The van der Waals surface area contributed by atoms with Crippen LogP contribution in [0.15, 0.2) is 22.3 Å². The summed E-state index contributed by atoms with van der Waals surface area (Å²) in [5, 5.41) is 0. The maximum absolute atomic E-state index is 2.39. The maximum atomic E-state index is 2.39. The summed E-state index contributed by atoms with van der Waals surface area (Å²) in [6, 6.07) is 0. The standard InChI is InChI=1S/C21H38/c1-6-7-8-9-10-11-12-13-14-15-16-21-19(4)17(2)18(3)20(21)5/h19H,6-16H2,1-5H3. The quantitative estimate of drug-likeness (QED) is 0.344. The molecule has 0 saturated carbocycles. The zero-order valence-corrected chi connectivity index (χ0v) is 15.4. The lowest BCUT2D eigenvalue weighted by Crippen LogP contribution is -1.97. The van der Waals surface area contributed by atoms with Gasteiger partial charge in [0.05, 0.1) is 0 Å². The first-order valence-electron chi connectivity index (χ1n) is 9.47. The molecular weight excluding hydrogens is 252 g/mol. The lowest BCUT2D eigenvalue weighted by Gasteiger charge is -2.12. The van der Waals surface area contributed by atoms with Crippen LogP contribution >= 0.6 is 0 Å². The fraction of sp³-hybridized carbons (Fsp3) is 0.810. The van der Waals surface area contributed by atoms with Crippen molar-refractivity contribution >= 4 is 0 Å². The molecule has 0 aromatic heterocycles. The van der Waals surface area contributed by atoms with Crippen molar-refractivity contribution in [2.75, 3.05) is 0 Å². The molecule has 1 rings (SSSR count). The van der Waals surface area contributed by atoms with Gasteiger partial charge in [-0.25, -0.2) is 0 Å². The third kappa shape index (κ3) is 6.01. The van der Waals surface area contributed by atoms with Crippen LogP contribution in [0.2, 0.25) is 0 Å². The second kappa shape index (κ2) is 10.2. The van der Waals surface area contributed by atoms with Crippen LogP contribution in [0.4, 0.5) is 0 Å². The van der Waals surface area contributed by atoms with Gasteiger partial charge in [-0.1, -0.05) is 82.8 Å². The van der Waals surface area contributed by atoms with E-state index in [9.17, 15) is 0 Å². The summed E-state index contributed by atoms with van der Waals surface area (Å²) >= 11 is 0. The summed E-state index contributed by atoms with van der Waals surface area (Å²) in [4.78, 5) is 0. The topological polar surface area (TPSA) is 0 Å². The summed E-state index contributed by atoms with van der Waals surface area (Å²) in [6.45, 7) is 11.6. The molecule has 0 radical (unpaired) electrons. The summed E-state index contributed by atoms with van der Waals surface area (Å²) in [7, 11) is 0. The van der Waals surface area contributed by atoms with Crippen molar-refractivity contribution < 1.29 is 0 Å². The van der Waals surface area contributed by atoms with Crippen LogP contribution in [0.5, 0.6) is 0 Å². The van der Waals surface area contributed by atoms with E-state index in [4.69, 9.17) is 0 Å². The van der Waals surface area contributed by atoms with Gasteiger partial charge in [0.1, 0.15) is 0 Å². The zero-order valence-electron chi connectivity index (χ0n) is 15.4. The Kier molecular flexibility index (Phi) is 9.04. The van der Waals surface area contributed by atoms with Gasteiger partial charge in [-0.2, -0.15) is 0 Å². The van der Waals surface area contributed by atoms with E-state index in [0.29, 0.717) is 5.92 Å². The number of allylic oxidation sites excluding steroid dienone is 4. The van der Waals surface area contributed by atoms with E-state index in [1.165, 1.54) is 70.6 Å². The molecule has 0 spiro atoms. The van der Waals surface area contributed by atoms with E-state index in [0.717, 1.165) is 0 Å². The average molecular weight is 291 g/mol. The van der Waals surface area contributed by atoms with E-state index in [2.05, 4.69) is 34.6 Å². The van der Waals surface area contributed by atoms with Crippen LogP contribution < -0.4 is 0 Å². The van der Waals surface area contributed by atoms with Crippen molar-refractivity contribution in [3.63, 3.8) is 0 Å². The number of rotatable bonds is 11. The van der Waals surface area contributed by atoms with Gasteiger partial charge in [0.2, 0.25) is 0 Å². The Morgan fingerprint density at radius 3 is 1.57 bits per heavy atom. The zero-order chi connectivity index (χ0) is 15.7. The van der Waals surface area contributed by atoms with Gasteiger partial charge in [0.25, 0.3) is 0 Å². The molecule has 0 saturated heterocycles. The Balaban J connectivity index is 2.03. The van der Waals surface area contributed by atoms with E-state index < -0.39 is 0 Å². The summed E-state index contributed by atoms with van der Waals surface area (Å²) in [5.41, 5.74) is 6.49. The minimum Gasteiger partial charge on any atom is -0.0654 e. The monoisotopic (exact) mass is 290 g/mol. The minimum atomic E-state index is 0.712. The predicted molar refractivity (Wildman–Crippen MR) is 96.7 cm³/mol. The van der Waals surface area contributed by atoms with Crippen molar-refractivity contribution in [3.05, 3.63) is 22.3 Å². The van der Waals surface area contributed by atoms with E-state index in [1.807, 2.05) is 0 Å². The largest absolute Gasteiger partial charge is 0.0654 e. The fourth-order valence-corrected chi connectivity index (χ4v) is 3.65. The number of unbranched alkanes of at least 4 members (excludes halogenated alkanes) is 9. The molecule has 0 aromatic carbocycles. The van der Waals surface area contributed by atoms with Crippen molar-refractivity contribution in [1.29, 1.82) is 0 Å². The molecule has 21 heavy (non-hydrogen) atoms. The lowest BCUT2D eigenvalue weighted by atomic mass is 9.93. The molecule has 0 heteroatoms. The normalized spacial score (nSPS) is 19.0. The first kappa shape index (κ1) is 18.5. The first-order chi connectivity index (χ1) is 10.1. The molecule has 1 unspecified atom stereocenters.